The number of esters is 1. The van der Waals surface area contributed by atoms with Crippen molar-refractivity contribution in [2.45, 2.75) is 19.1 Å². The summed E-state index contributed by atoms with van der Waals surface area (Å²) in [5, 5.41) is 15.7. The molecule has 0 fully saturated rings. The molecule has 1 amide bonds. The maximum absolute atomic E-state index is 11.7. The van der Waals surface area contributed by atoms with Gasteiger partial charge in [0.25, 0.3) is 0 Å². The van der Waals surface area contributed by atoms with Gasteiger partial charge in [0.15, 0.2) is 5.60 Å². The molecule has 1 aromatic carbocycles. The molecule has 0 saturated carbocycles. The Kier molecular flexibility index (Phi) is 7.35. The minimum atomic E-state index is -1.80. The lowest BCUT2D eigenvalue weighted by Crippen LogP contribution is -2.47. The van der Waals surface area contributed by atoms with Crippen molar-refractivity contribution >= 4 is 35.1 Å². The Morgan fingerprint density at radius 3 is 2.48 bits per heavy atom. The van der Waals surface area contributed by atoms with Crippen LogP contribution < -0.4 is 10.6 Å². The Balaban J connectivity index is 2.46. The van der Waals surface area contributed by atoms with Crippen molar-refractivity contribution in [3.63, 3.8) is 0 Å². The van der Waals surface area contributed by atoms with Gasteiger partial charge in [0.2, 0.25) is 5.91 Å². The molecule has 1 atom stereocenters. The molecule has 1 rings (SSSR count). The fourth-order valence-electron chi connectivity index (χ4n) is 1.56. The summed E-state index contributed by atoms with van der Waals surface area (Å²) in [6.07, 6.45) is 1.12. The molecule has 6 nitrogen and oxygen atoms in total. The maximum atomic E-state index is 11.7. The average Bonchev–Trinajstić information content (AvgIpc) is 2.51. The number of methoxy groups -OCH3 is 1. The van der Waals surface area contributed by atoms with Crippen molar-refractivity contribution in [2.24, 2.45) is 0 Å². The van der Waals surface area contributed by atoms with Crippen LogP contribution in [-0.4, -0.2) is 36.2 Å². The van der Waals surface area contributed by atoms with Gasteiger partial charge in [-0.25, -0.2) is 4.79 Å². The molecule has 0 heterocycles. The molecule has 0 aromatic heterocycles. The number of hydrogen-bond acceptors (Lipinski definition) is 5. The third-order valence-electron chi connectivity index (χ3n) is 2.86. The fraction of sp³-hybridized carbons (Fsp3) is 0.333. The molecule has 8 heteroatoms. The normalized spacial score (nSPS) is 13.9. The third kappa shape index (κ3) is 6.90. The molecule has 0 saturated heterocycles. The smallest absolute Gasteiger partial charge is 0.339 e. The fourth-order valence-corrected chi connectivity index (χ4v) is 1.85. The first-order valence-electron chi connectivity index (χ1n) is 6.69. The number of halogens is 2. The lowest BCUT2D eigenvalue weighted by atomic mass is 10.1. The SMILES string of the molecule is COC(=O)C(C)(O)CNC(=O)/C=C(/Cl)NCc1ccc(Cl)cc1. The molecular formula is C15H18Cl2N2O4. The molecule has 0 bridgehead atoms. The standard InChI is InChI=1S/C15H18Cl2N2O4/c1-15(22,14(21)23-2)9-19-13(20)7-12(17)18-8-10-3-5-11(16)6-4-10/h3-7,18,22H,8-9H2,1-2H3,(H,19,20)/b12-7-. The Labute approximate surface area is 144 Å². The molecule has 0 aliphatic carbocycles. The second-order valence-electron chi connectivity index (χ2n) is 4.96. The van der Waals surface area contributed by atoms with E-state index >= 15 is 0 Å². The van der Waals surface area contributed by atoms with Crippen LogP contribution in [0.4, 0.5) is 0 Å². The molecular weight excluding hydrogens is 343 g/mol. The number of aliphatic hydroxyl groups is 1. The highest BCUT2D eigenvalue weighted by molar-refractivity contribution is 6.30. The van der Waals surface area contributed by atoms with Crippen LogP contribution in [-0.2, 0) is 20.9 Å². The third-order valence-corrected chi connectivity index (χ3v) is 3.36. The van der Waals surface area contributed by atoms with Crippen molar-refractivity contribution in [3.8, 4) is 0 Å². The van der Waals surface area contributed by atoms with E-state index in [4.69, 9.17) is 23.2 Å². The minimum Gasteiger partial charge on any atom is -0.467 e. The van der Waals surface area contributed by atoms with Gasteiger partial charge >= 0.3 is 5.97 Å². The van der Waals surface area contributed by atoms with Gasteiger partial charge in [-0.15, -0.1) is 0 Å². The van der Waals surface area contributed by atoms with Crippen LogP contribution in [0.15, 0.2) is 35.5 Å². The Morgan fingerprint density at radius 2 is 1.91 bits per heavy atom. The van der Waals surface area contributed by atoms with Gasteiger partial charge in [0.05, 0.1) is 13.7 Å². The lowest BCUT2D eigenvalue weighted by Gasteiger charge is -2.19. The highest BCUT2D eigenvalue weighted by Gasteiger charge is 2.31. The topological polar surface area (TPSA) is 87.7 Å². The second kappa shape index (κ2) is 8.76. The zero-order chi connectivity index (χ0) is 17.5. The second-order valence-corrected chi connectivity index (χ2v) is 5.80. The van der Waals surface area contributed by atoms with Gasteiger partial charge in [0.1, 0.15) is 5.16 Å². The monoisotopic (exact) mass is 360 g/mol. The van der Waals surface area contributed by atoms with Crippen LogP contribution >= 0.6 is 23.2 Å². The number of carbonyl (C=O) groups excluding carboxylic acids is 2. The van der Waals surface area contributed by atoms with E-state index in [1.165, 1.54) is 6.92 Å². The maximum Gasteiger partial charge on any atom is 0.339 e. The van der Waals surface area contributed by atoms with Crippen molar-refractivity contribution < 1.29 is 19.4 Å². The number of hydrogen-bond donors (Lipinski definition) is 3. The predicted octanol–water partition coefficient (Wildman–Crippen LogP) is 1.55. The molecule has 0 aliphatic heterocycles. The van der Waals surface area contributed by atoms with Crippen molar-refractivity contribution in [3.05, 3.63) is 46.1 Å². The van der Waals surface area contributed by atoms with Crippen molar-refractivity contribution in [1.29, 1.82) is 0 Å². The first kappa shape index (κ1) is 19.3. The van der Waals surface area contributed by atoms with Crippen LogP contribution in [0.5, 0.6) is 0 Å². The van der Waals surface area contributed by atoms with Crippen molar-refractivity contribution in [1.82, 2.24) is 10.6 Å². The number of benzene rings is 1. The molecule has 3 N–H and O–H groups in total. The van der Waals surface area contributed by atoms with Gasteiger partial charge in [-0.2, -0.15) is 0 Å². The van der Waals surface area contributed by atoms with E-state index in [0.29, 0.717) is 11.6 Å². The van der Waals surface area contributed by atoms with Crippen LogP contribution in [0, 0.1) is 0 Å². The highest BCUT2D eigenvalue weighted by atomic mass is 35.5. The predicted molar refractivity (Wildman–Crippen MR) is 87.9 cm³/mol. The van der Waals surface area contributed by atoms with Gasteiger partial charge in [-0.05, 0) is 24.6 Å². The van der Waals surface area contributed by atoms with Crippen LogP contribution in [0.3, 0.4) is 0 Å². The molecule has 23 heavy (non-hydrogen) atoms. The highest BCUT2D eigenvalue weighted by Crippen LogP contribution is 2.10. The van der Waals surface area contributed by atoms with E-state index in [0.717, 1.165) is 18.7 Å². The Morgan fingerprint density at radius 1 is 1.30 bits per heavy atom. The molecule has 1 aromatic rings. The van der Waals surface area contributed by atoms with E-state index in [1.807, 2.05) is 12.1 Å². The van der Waals surface area contributed by atoms with Crippen LogP contribution in [0.2, 0.25) is 5.02 Å². The Bertz CT molecular complexity index is 586. The van der Waals surface area contributed by atoms with Crippen LogP contribution in [0.25, 0.3) is 0 Å². The molecule has 126 valence electrons. The Hall–Kier alpha value is -1.76. The molecule has 1 unspecified atom stereocenters. The summed E-state index contributed by atoms with van der Waals surface area (Å²) in [5.41, 5.74) is -0.864. The average molecular weight is 361 g/mol. The number of carbonyl (C=O) groups is 2. The van der Waals surface area contributed by atoms with E-state index in [9.17, 15) is 14.7 Å². The quantitative estimate of drug-likeness (QED) is 0.390. The molecule has 0 aliphatic rings. The summed E-state index contributed by atoms with van der Waals surface area (Å²) in [6, 6.07) is 7.15. The van der Waals surface area contributed by atoms with Crippen LogP contribution in [0.1, 0.15) is 12.5 Å². The zero-order valence-electron chi connectivity index (χ0n) is 12.7. The zero-order valence-corrected chi connectivity index (χ0v) is 14.2. The summed E-state index contributed by atoms with van der Waals surface area (Å²) >= 11 is 11.7. The number of rotatable bonds is 7. The summed E-state index contributed by atoms with van der Waals surface area (Å²) in [5.74, 6) is -1.39. The molecule has 0 spiro atoms. The van der Waals surface area contributed by atoms with E-state index < -0.39 is 17.5 Å². The van der Waals surface area contributed by atoms with Gasteiger partial charge in [-0.3, -0.25) is 4.79 Å². The number of nitrogens with one attached hydrogen (secondary N) is 2. The largest absolute Gasteiger partial charge is 0.467 e. The first-order valence-corrected chi connectivity index (χ1v) is 7.44. The number of ether oxygens (including phenoxy) is 1. The lowest BCUT2D eigenvalue weighted by molar-refractivity contribution is -0.160. The van der Waals surface area contributed by atoms with E-state index in [2.05, 4.69) is 15.4 Å². The summed E-state index contributed by atoms with van der Waals surface area (Å²) < 4.78 is 4.42. The molecule has 0 radical (unpaired) electrons. The summed E-state index contributed by atoms with van der Waals surface area (Å²) in [4.78, 5) is 22.9. The first-order chi connectivity index (χ1) is 10.7. The van der Waals surface area contributed by atoms with E-state index in [-0.39, 0.29) is 11.7 Å². The van der Waals surface area contributed by atoms with Crippen molar-refractivity contribution in [2.75, 3.05) is 13.7 Å². The van der Waals surface area contributed by atoms with Gasteiger partial charge in [-0.1, -0.05) is 35.3 Å². The number of amides is 1. The van der Waals surface area contributed by atoms with Gasteiger partial charge in [0, 0.05) is 17.6 Å². The van der Waals surface area contributed by atoms with Gasteiger partial charge < -0.3 is 20.5 Å². The summed E-state index contributed by atoms with van der Waals surface area (Å²) in [7, 11) is 1.15. The summed E-state index contributed by atoms with van der Waals surface area (Å²) in [6.45, 7) is 1.36. The minimum absolute atomic E-state index is 0.121. The van der Waals surface area contributed by atoms with E-state index in [1.54, 1.807) is 12.1 Å².